The third-order valence-corrected chi connectivity index (χ3v) is 5.08. The van der Waals surface area contributed by atoms with Crippen LogP contribution >= 0.6 is 0 Å². The predicted molar refractivity (Wildman–Crippen MR) is 72.9 cm³/mol. The van der Waals surface area contributed by atoms with Crippen molar-refractivity contribution in [2.45, 2.75) is 38.6 Å². The summed E-state index contributed by atoms with van der Waals surface area (Å²) in [4.78, 5) is 4.16. The average molecular weight is 303 g/mol. The molecule has 2 rings (SSSR count). The van der Waals surface area contributed by atoms with E-state index in [2.05, 4.69) is 14.9 Å². The molecule has 20 heavy (non-hydrogen) atoms. The molecule has 0 aliphatic carbocycles. The summed E-state index contributed by atoms with van der Waals surface area (Å²) in [6.07, 6.45) is 1.70. The van der Waals surface area contributed by atoms with Gasteiger partial charge in [-0.3, -0.25) is 0 Å². The lowest BCUT2D eigenvalue weighted by Gasteiger charge is -2.36. The van der Waals surface area contributed by atoms with Gasteiger partial charge in [0.05, 0.1) is 5.54 Å². The molecule has 3 N–H and O–H groups in total. The Kier molecular flexibility index (Phi) is 4.43. The quantitative estimate of drug-likeness (QED) is 0.783. The number of nitrogens with one attached hydrogen (secondary N) is 1. The highest BCUT2D eigenvalue weighted by Crippen LogP contribution is 2.29. The summed E-state index contributed by atoms with van der Waals surface area (Å²) in [7, 11) is -3.41. The van der Waals surface area contributed by atoms with Crippen LogP contribution in [-0.4, -0.2) is 42.5 Å². The molecule has 1 saturated heterocycles. The molecule has 0 radical (unpaired) electrons. The number of nitrogens with two attached hydrogens (primary N) is 1. The summed E-state index contributed by atoms with van der Waals surface area (Å²) < 4.78 is 33.0. The number of rotatable bonds is 5. The monoisotopic (exact) mass is 303 g/mol. The van der Waals surface area contributed by atoms with E-state index < -0.39 is 15.7 Å². The van der Waals surface area contributed by atoms with Crippen LogP contribution in [0.1, 0.15) is 37.9 Å². The van der Waals surface area contributed by atoms with E-state index in [0.29, 0.717) is 44.2 Å². The minimum absolute atomic E-state index is 0.350. The smallest absolute Gasteiger partial charge is 0.279 e. The number of aryl methyl sites for hydroxylation is 1. The molecule has 1 aliphatic rings. The number of hydrogen-bond acceptors (Lipinski definition) is 6. The topological polar surface area (TPSA) is 114 Å². The fourth-order valence-electron chi connectivity index (χ4n) is 2.17. The summed E-state index contributed by atoms with van der Waals surface area (Å²) in [5, 5.41) is 3.85. The largest absolute Gasteiger partial charge is 0.340 e. The maximum absolute atomic E-state index is 12.0. The highest BCUT2D eigenvalue weighted by Gasteiger charge is 2.39. The van der Waals surface area contributed by atoms with E-state index in [1.54, 1.807) is 6.92 Å². The zero-order valence-electron chi connectivity index (χ0n) is 11.8. The number of aromatic nitrogens is 2. The first-order valence-electron chi connectivity index (χ1n) is 6.72. The van der Waals surface area contributed by atoms with Gasteiger partial charge in [0.25, 0.3) is 10.2 Å². The summed E-state index contributed by atoms with van der Waals surface area (Å²) in [6, 6.07) is 0. The Labute approximate surface area is 118 Å². The van der Waals surface area contributed by atoms with Crippen LogP contribution in [0, 0.1) is 6.92 Å². The molecule has 0 spiro atoms. The van der Waals surface area contributed by atoms with Crippen LogP contribution in [0.3, 0.4) is 0 Å². The van der Waals surface area contributed by atoms with E-state index in [9.17, 15) is 8.42 Å². The van der Waals surface area contributed by atoms with Crippen molar-refractivity contribution < 1.29 is 12.9 Å². The van der Waals surface area contributed by atoms with Gasteiger partial charge >= 0.3 is 0 Å². The molecule has 1 aromatic rings. The second kappa shape index (κ2) is 5.76. The first kappa shape index (κ1) is 15.4. The van der Waals surface area contributed by atoms with E-state index in [-0.39, 0.29) is 0 Å². The molecule has 2 heterocycles. The second-order valence-electron chi connectivity index (χ2n) is 5.09. The Hall–Kier alpha value is -1.03. The fourth-order valence-corrected chi connectivity index (χ4v) is 3.48. The van der Waals surface area contributed by atoms with E-state index in [1.807, 2.05) is 6.92 Å². The van der Waals surface area contributed by atoms with Gasteiger partial charge in [0, 0.05) is 26.6 Å². The van der Waals surface area contributed by atoms with Crippen LogP contribution < -0.4 is 10.5 Å². The maximum atomic E-state index is 12.0. The molecule has 1 aliphatic heterocycles. The van der Waals surface area contributed by atoms with Crippen molar-refractivity contribution >= 4 is 10.2 Å². The van der Waals surface area contributed by atoms with Gasteiger partial charge in [-0.2, -0.15) is 17.7 Å². The third-order valence-electron chi connectivity index (χ3n) is 3.46. The molecule has 0 saturated carbocycles. The molecule has 9 heteroatoms. The molecule has 8 nitrogen and oxygen atoms in total. The molecular weight excluding hydrogens is 282 g/mol. The van der Waals surface area contributed by atoms with Crippen LogP contribution in [-0.2, 0) is 15.7 Å². The van der Waals surface area contributed by atoms with Gasteiger partial charge in [-0.1, -0.05) is 12.1 Å². The van der Waals surface area contributed by atoms with Crippen LogP contribution in [0.5, 0.6) is 0 Å². The normalized spacial score (nSPS) is 20.1. The number of nitrogens with zero attached hydrogens (tertiary/aromatic N) is 3. The zero-order valence-corrected chi connectivity index (χ0v) is 12.6. The average Bonchev–Trinajstić information content (AvgIpc) is 2.84. The van der Waals surface area contributed by atoms with Crippen LogP contribution in [0.25, 0.3) is 0 Å². The highest BCUT2D eigenvalue weighted by atomic mass is 32.2. The van der Waals surface area contributed by atoms with Gasteiger partial charge in [-0.05, 0) is 19.3 Å². The van der Waals surface area contributed by atoms with E-state index in [4.69, 9.17) is 10.3 Å². The molecular formula is C11H21N5O3S. The Morgan fingerprint density at radius 1 is 1.45 bits per heavy atom. The summed E-state index contributed by atoms with van der Waals surface area (Å²) in [5.41, 5.74) is 5.56. The molecule has 1 aromatic heterocycles. The first-order valence-corrected chi connectivity index (χ1v) is 8.16. The lowest BCUT2D eigenvalue weighted by molar-refractivity contribution is 0.221. The van der Waals surface area contributed by atoms with Crippen molar-refractivity contribution in [3.8, 4) is 0 Å². The fraction of sp³-hybridized carbons (Fsp3) is 0.818. The number of hydrogen-bond donors (Lipinski definition) is 2. The van der Waals surface area contributed by atoms with Crippen molar-refractivity contribution in [3.63, 3.8) is 0 Å². The molecule has 0 atom stereocenters. The van der Waals surface area contributed by atoms with Gasteiger partial charge in [-0.15, -0.1) is 0 Å². The van der Waals surface area contributed by atoms with Gasteiger partial charge in [0.15, 0.2) is 5.82 Å². The van der Waals surface area contributed by atoms with Crippen LogP contribution in [0.4, 0.5) is 0 Å². The Balaban J connectivity index is 2.02. The Bertz CT molecular complexity index is 548. The SMILES string of the molecule is CCCNS(=O)(=O)N1CCC(N)(c2noc(C)n2)CC1. The van der Waals surface area contributed by atoms with Gasteiger partial charge in [-0.25, -0.2) is 4.72 Å². The number of piperidine rings is 1. The van der Waals surface area contributed by atoms with Gasteiger partial charge < -0.3 is 10.3 Å². The highest BCUT2D eigenvalue weighted by molar-refractivity contribution is 7.87. The molecule has 114 valence electrons. The molecule has 0 amide bonds. The minimum atomic E-state index is -3.41. The molecule has 0 aromatic carbocycles. The van der Waals surface area contributed by atoms with E-state index in [0.717, 1.165) is 6.42 Å². The predicted octanol–water partition coefficient (Wildman–Crippen LogP) is -0.128. The maximum Gasteiger partial charge on any atom is 0.279 e. The van der Waals surface area contributed by atoms with Crippen molar-refractivity contribution in [3.05, 3.63) is 11.7 Å². The molecule has 0 unspecified atom stereocenters. The molecule has 1 fully saturated rings. The van der Waals surface area contributed by atoms with Crippen molar-refractivity contribution in [2.75, 3.05) is 19.6 Å². The Morgan fingerprint density at radius 3 is 2.60 bits per heavy atom. The van der Waals surface area contributed by atoms with Crippen LogP contribution in [0.15, 0.2) is 4.52 Å². The van der Waals surface area contributed by atoms with Crippen LogP contribution in [0.2, 0.25) is 0 Å². The van der Waals surface area contributed by atoms with Gasteiger partial charge in [0.2, 0.25) is 5.89 Å². The van der Waals surface area contributed by atoms with E-state index in [1.165, 1.54) is 4.31 Å². The summed E-state index contributed by atoms with van der Waals surface area (Å²) >= 11 is 0. The standard InChI is InChI=1S/C11H21N5O3S/c1-3-6-13-20(17,18)16-7-4-11(12,5-8-16)10-14-9(2)19-15-10/h13H,3-8,12H2,1-2H3. The molecule has 0 bridgehead atoms. The third kappa shape index (κ3) is 3.17. The van der Waals surface area contributed by atoms with Gasteiger partial charge in [0.1, 0.15) is 0 Å². The lowest BCUT2D eigenvalue weighted by atomic mass is 9.89. The first-order chi connectivity index (χ1) is 9.37. The lowest BCUT2D eigenvalue weighted by Crippen LogP contribution is -2.52. The van der Waals surface area contributed by atoms with Crippen molar-refractivity contribution in [1.29, 1.82) is 0 Å². The van der Waals surface area contributed by atoms with Crippen molar-refractivity contribution in [1.82, 2.24) is 19.2 Å². The van der Waals surface area contributed by atoms with E-state index >= 15 is 0 Å². The zero-order chi connectivity index (χ0) is 14.8. The Morgan fingerprint density at radius 2 is 2.10 bits per heavy atom. The summed E-state index contributed by atoms with van der Waals surface area (Å²) in [6.45, 7) is 4.76. The second-order valence-corrected chi connectivity index (χ2v) is 6.85. The minimum Gasteiger partial charge on any atom is -0.340 e. The van der Waals surface area contributed by atoms with Crippen molar-refractivity contribution in [2.24, 2.45) is 5.73 Å². The summed E-state index contributed by atoms with van der Waals surface area (Å²) in [5.74, 6) is 0.915.